The Hall–Kier alpha value is -1.82. The fraction of sp³-hybridized carbons (Fsp3) is 0.438. The van der Waals surface area contributed by atoms with Crippen molar-refractivity contribution < 1.29 is 9.21 Å². The quantitative estimate of drug-likeness (QED) is 0.810. The lowest BCUT2D eigenvalue weighted by Gasteiger charge is -2.18. The van der Waals surface area contributed by atoms with Crippen LogP contribution in [0.4, 0.5) is 0 Å². The first-order chi connectivity index (χ1) is 10.3. The van der Waals surface area contributed by atoms with E-state index in [-0.39, 0.29) is 17.1 Å². The molecule has 5 nitrogen and oxygen atoms in total. The highest BCUT2D eigenvalue weighted by Gasteiger charge is 2.15. The molecule has 6 heteroatoms. The molecule has 0 aliphatic rings. The number of hydrogen-bond donors (Lipinski definition) is 0. The van der Waals surface area contributed by atoms with Gasteiger partial charge in [0.2, 0.25) is 11.8 Å². The summed E-state index contributed by atoms with van der Waals surface area (Å²) in [7, 11) is 3.44. The molecule has 22 heavy (non-hydrogen) atoms. The number of aromatic nitrogens is 2. The molecule has 0 N–H and O–H groups in total. The Bertz CT molecular complexity index is 642. The van der Waals surface area contributed by atoms with Crippen LogP contribution in [0.2, 0.25) is 0 Å². The van der Waals surface area contributed by atoms with E-state index in [1.165, 1.54) is 22.2 Å². The first-order valence-corrected chi connectivity index (χ1v) is 8.03. The van der Waals surface area contributed by atoms with Crippen molar-refractivity contribution in [2.45, 2.75) is 31.4 Å². The van der Waals surface area contributed by atoms with E-state index in [1.807, 2.05) is 12.1 Å². The predicted octanol–water partition coefficient (Wildman–Crippen LogP) is 3.21. The largest absolute Gasteiger partial charge is 0.411 e. The smallest absolute Gasteiger partial charge is 0.277 e. The van der Waals surface area contributed by atoms with Gasteiger partial charge in [-0.15, -0.1) is 10.2 Å². The van der Waals surface area contributed by atoms with E-state index in [4.69, 9.17) is 4.42 Å². The Morgan fingerprint density at radius 1 is 1.18 bits per heavy atom. The monoisotopic (exact) mass is 319 g/mol. The molecular formula is C16H21N3O2S. The average Bonchev–Trinajstić information content (AvgIpc) is 2.92. The number of carbonyl (C=O) groups excluding carboxylic acids is 1. The Labute approximate surface area is 135 Å². The zero-order valence-corrected chi connectivity index (χ0v) is 14.4. The maximum Gasteiger partial charge on any atom is 0.277 e. The van der Waals surface area contributed by atoms with Gasteiger partial charge in [0, 0.05) is 19.7 Å². The molecule has 2 aromatic rings. The van der Waals surface area contributed by atoms with Crippen LogP contribution in [0, 0.1) is 0 Å². The SMILES string of the molecule is CN(C)C(=O)CSc1nnc(-c2ccc(C(C)(C)C)cc2)o1. The van der Waals surface area contributed by atoms with E-state index >= 15 is 0 Å². The molecule has 0 aliphatic heterocycles. The van der Waals surface area contributed by atoms with Crippen molar-refractivity contribution in [1.29, 1.82) is 0 Å². The van der Waals surface area contributed by atoms with Gasteiger partial charge in [-0.25, -0.2) is 0 Å². The summed E-state index contributed by atoms with van der Waals surface area (Å²) in [6.07, 6.45) is 0. The average molecular weight is 319 g/mol. The van der Waals surface area contributed by atoms with E-state index in [0.717, 1.165) is 5.56 Å². The fourth-order valence-electron chi connectivity index (χ4n) is 1.75. The van der Waals surface area contributed by atoms with Gasteiger partial charge in [0.25, 0.3) is 5.22 Å². The third kappa shape index (κ3) is 4.10. The Morgan fingerprint density at radius 3 is 2.36 bits per heavy atom. The first-order valence-electron chi connectivity index (χ1n) is 7.05. The second-order valence-corrected chi connectivity index (χ2v) is 7.20. The molecule has 0 spiro atoms. The minimum Gasteiger partial charge on any atom is -0.411 e. The maximum absolute atomic E-state index is 11.5. The maximum atomic E-state index is 11.5. The zero-order chi connectivity index (χ0) is 16.3. The van der Waals surface area contributed by atoms with E-state index in [9.17, 15) is 4.79 Å². The zero-order valence-electron chi connectivity index (χ0n) is 13.6. The number of rotatable bonds is 4. The van der Waals surface area contributed by atoms with Crippen LogP contribution in [0.3, 0.4) is 0 Å². The lowest BCUT2D eigenvalue weighted by Crippen LogP contribution is -2.23. The third-order valence-corrected chi connectivity index (χ3v) is 4.03. The minimum atomic E-state index is 0.0132. The second-order valence-electron chi connectivity index (χ2n) is 6.28. The van der Waals surface area contributed by atoms with Gasteiger partial charge in [-0.1, -0.05) is 44.7 Å². The molecular weight excluding hydrogens is 298 g/mol. The minimum absolute atomic E-state index is 0.0132. The molecule has 0 saturated heterocycles. The molecule has 1 aromatic carbocycles. The third-order valence-electron chi connectivity index (χ3n) is 3.22. The van der Waals surface area contributed by atoms with Crippen LogP contribution < -0.4 is 0 Å². The normalized spacial score (nSPS) is 11.5. The van der Waals surface area contributed by atoms with Crippen molar-refractivity contribution in [2.75, 3.05) is 19.8 Å². The summed E-state index contributed by atoms with van der Waals surface area (Å²) in [6.45, 7) is 6.52. The molecule has 0 bridgehead atoms. The van der Waals surface area contributed by atoms with Crippen molar-refractivity contribution >= 4 is 17.7 Å². The predicted molar refractivity (Wildman–Crippen MR) is 87.9 cm³/mol. The van der Waals surface area contributed by atoms with Crippen LogP contribution in [0.1, 0.15) is 26.3 Å². The second kappa shape index (κ2) is 6.52. The molecule has 118 valence electrons. The van der Waals surface area contributed by atoms with Crippen molar-refractivity contribution in [3.05, 3.63) is 29.8 Å². The Balaban J connectivity index is 2.06. The fourth-order valence-corrected chi connectivity index (χ4v) is 2.49. The van der Waals surface area contributed by atoms with Crippen LogP contribution in [-0.4, -0.2) is 40.9 Å². The van der Waals surface area contributed by atoms with Crippen molar-refractivity contribution in [3.63, 3.8) is 0 Å². The summed E-state index contributed by atoms with van der Waals surface area (Å²) in [5, 5.41) is 8.42. The van der Waals surface area contributed by atoms with E-state index in [1.54, 1.807) is 14.1 Å². The van der Waals surface area contributed by atoms with Gasteiger partial charge in [-0.3, -0.25) is 4.79 Å². The molecule has 0 fully saturated rings. The Morgan fingerprint density at radius 2 is 1.82 bits per heavy atom. The van der Waals surface area contributed by atoms with Crippen molar-refractivity contribution in [1.82, 2.24) is 15.1 Å². The summed E-state index contributed by atoms with van der Waals surface area (Å²) in [5.74, 6) is 0.775. The summed E-state index contributed by atoms with van der Waals surface area (Å²) in [5.41, 5.74) is 2.24. The van der Waals surface area contributed by atoms with Gasteiger partial charge in [0.05, 0.1) is 5.75 Å². The number of hydrogen-bond acceptors (Lipinski definition) is 5. The van der Waals surface area contributed by atoms with Gasteiger partial charge in [-0.05, 0) is 23.1 Å². The van der Waals surface area contributed by atoms with E-state index < -0.39 is 0 Å². The van der Waals surface area contributed by atoms with E-state index in [2.05, 4.69) is 43.1 Å². The number of thioether (sulfide) groups is 1. The summed E-state index contributed by atoms with van der Waals surface area (Å²) in [6, 6.07) is 8.10. The summed E-state index contributed by atoms with van der Waals surface area (Å²) in [4.78, 5) is 13.1. The number of benzene rings is 1. The molecule has 1 aromatic heterocycles. The van der Waals surface area contributed by atoms with Gasteiger partial charge in [-0.2, -0.15) is 0 Å². The standard InChI is InChI=1S/C16H21N3O2S/c1-16(2,3)12-8-6-11(7-9-12)14-17-18-15(21-14)22-10-13(20)19(4)5/h6-9H,10H2,1-5H3. The Kier molecular flexibility index (Phi) is 4.90. The van der Waals surface area contributed by atoms with Crippen LogP contribution in [0.5, 0.6) is 0 Å². The molecule has 0 radical (unpaired) electrons. The molecule has 1 amide bonds. The van der Waals surface area contributed by atoms with E-state index in [0.29, 0.717) is 11.1 Å². The highest BCUT2D eigenvalue weighted by molar-refractivity contribution is 7.99. The number of carbonyl (C=O) groups is 1. The highest BCUT2D eigenvalue weighted by atomic mass is 32.2. The van der Waals surface area contributed by atoms with Gasteiger partial charge in [0.15, 0.2) is 0 Å². The molecule has 2 rings (SSSR count). The first kappa shape index (κ1) is 16.5. The topological polar surface area (TPSA) is 59.2 Å². The van der Waals surface area contributed by atoms with Gasteiger partial charge in [0.1, 0.15) is 0 Å². The summed E-state index contributed by atoms with van der Waals surface area (Å²) >= 11 is 1.25. The number of amides is 1. The van der Waals surface area contributed by atoms with Crippen LogP contribution in [0.15, 0.2) is 33.9 Å². The molecule has 1 heterocycles. The van der Waals surface area contributed by atoms with Gasteiger partial charge < -0.3 is 9.32 Å². The van der Waals surface area contributed by atoms with Crippen LogP contribution >= 0.6 is 11.8 Å². The van der Waals surface area contributed by atoms with Crippen LogP contribution in [0.25, 0.3) is 11.5 Å². The molecule has 0 unspecified atom stereocenters. The molecule has 0 aliphatic carbocycles. The number of nitrogens with zero attached hydrogens (tertiary/aromatic N) is 3. The molecule has 0 saturated carbocycles. The highest BCUT2D eigenvalue weighted by Crippen LogP contribution is 2.27. The van der Waals surface area contributed by atoms with Crippen molar-refractivity contribution in [2.24, 2.45) is 0 Å². The lowest BCUT2D eigenvalue weighted by atomic mass is 9.87. The van der Waals surface area contributed by atoms with Gasteiger partial charge >= 0.3 is 0 Å². The summed E-state index contributed by atoms with van der Waals surface area (Å²) < 4.78 is 5.60. The van der Waals surface area contributed by atoms with Crippen LogP contribution in [-0.2, 0) is 10.2 Å². The lowest BCUT2D eigenvalue weighted by molar-refractivity contribution is -0.125. The molecule has 0 atom stereocenters. The van der Waals surface area contributed by atoms with Crippen molar-refractivity contribution in [3.8, 4) is 11.5 Å².